The van der Waals surface area contributed by atoms with Crippen molar-refractivity contribution in [2.75, 3.05) is 13.7 Å². The van der Waals surface area contributed by atoms with Crippen molar-refractivity contribution >= 4 is 34.7 Å². The molecule has 1 aliphatic rings. The first-order valence-corrected chi connectivity index (χ1v) is 11.5. The highest BCUT2D eigenvalue weighted by Gasteiger charge is 2.33. The van der Waals surface area contributed by atoms with E-state index >= 15 is 0 Å². The zero-order valence-electron chi connectivity index (χ0n) is 17.7. The first kappa shape index (κ1) is 21.3. The monoisotopic (exact) mass is 454 g/mol. The van der Waals surface area contributed by atoms with Crippen LogP contribution in [0, 0.1) is 6.92 Å². The maximum Gasteiger partial charge on any atom is 0.338 e. The normalized spacial score (nSPS) is 16.1. The fourth-order valence-corrected chi connectivity index (χ4v) is 5.46. The molecule has 0 saturated heterocycles. The van der Waals surface area contributed by atoms with Crippen LogP contribution in [0.5, 0.6) is 5.75 Å². The van der Waals surface area contributed by atoms with Crippen molar-refractivity contribution in [2.24, 2.45) is 4.99 Å². The molecule has 0 radical (unpaired) electrons. The van der Waals surface area contributed by atoms with Gasteiger partial charge in [0.1, 0.15) is 11.8 Å². The van der Waals surface area contributed by atoms with Crippen LogP contribution in [-0.2, 0) is 9.53 Å². The van der Waals surface area contributed by atoms with Gasteiger partial charge in [0, 0.05) is 4.88 Å². The number of aryl methyl sites for hydroxylation is 1. The van der Waals surface area contributed by atoms with Crippen LogP contribution in [0.1, 0.15) is 35.9 Å². The fraction of sp³-hybridized carbons (Fsp3) is 0.261. The second-order valence-electron chi connectivity index (χ2n) is 7.05. The van der Waals surface area contributed by atoms with Gasteiger partial charge in [-0.15, -0.1) is 11.3 Å². The summed E-state index contributed by atoms with van der Waals surface area (Å²) >= 11 is 2.81. The maximum atomic E-state index is 13.5. The molecule has 0 N–H and O–H groups in total. The highest BCUT2D eigenvalue weighted by Crippen LogP contribution is 2.33. The van der Waals surface area contributed by atoms with Crippen LogP contribution in [0.3, 0.4) is 0 Å². The third-order valence-corrected chi connectivity index (χ3v) is 6.97. The third-order valence-electron chi connectivity index (χ3n) is 5.06. The molecule has 0 aliphatic carbocycles. The molecule has 1 aliphatic heterocycles. The van der Waals surface area contributed by atoms with E-state index in [1.54, 1.807) is 25.5 Å². The molecule has 0 unspecified atom stereocenters. The van der Waals surface area contributed by atoms with Gasteiger partial charge in [-0.25, -0.2) is 9.79 Å². The summed E-state index contributed by atoms with van der Waals surface area (Å²) < 4.78 is 12.8. The molecule has 4 rings (SSSR count). The van der Waals surface area contributed by atoms with Crippen LogP contribution in [0.25, 0.3) is 6.08 Å². The Hall–Kier alpha value is -2.97. The molecule has 0 fully saturated rings. The predicted molar refractivity (Wildman–Crippen MR) is 122 cm³/mol. The minimum atomic E-state index is -0.551. The van der Waals surface area contributed by atoms with E-state index in [1.807, 2.05) is 48.7 Å². The van der Waals surface area contributed by atoms with Crippen LogP contribution in [-0.4, -0.2) is 24.3 Å². The SMILES string of the molecule is CCOC(=O)C1=C(C)N=c2s/c(=C/c3ccc(C)c(OC)c3)c(=O)n2[C@@H]1c1cccs1. The number of ether oxygens (including phenoxy) is 2. The molecule has 0 spiro atoms. The van der Waals surface area contributed by atoms with E-state index in [0.29, 0.717) is 20.6 Å². The van der Waals surface area contributed by atoms with Gasteiger partial charge in [-0.3, -0.25) is 9.36 Å². The second kappa shape index (κ2) is 8.64. The van der Waals surface area contributed by atoms with Crippen molar-refractivity contribution in [2.45, 2.75) is 26.8 Å². The number of fused-ring (bicyclic) bond motifs is 1. The lowest BCUT2D eigenvalue weighted by molar-refractivity contribution is -0.139. The van der Waals surface area contributed by atoms with Crippen molar-refractivity contribution in [3.05, 3.63) is 82.7 Å². The molecule has 0 bridgehead atoms. The minimum Gasteiger partial charge on any atom is -0.496 e. The Balaban J connectivity index is 1.92. The Morgan fingerprint density at radius 2 is 2.10 bits per heavy atom. The molecule has 160 valence electrons. The minimum absolute atomic E-state index is 0.184. The first-order chi connectivity index (χ1) is 14.9. The average molecular weight is 455 g/mol. The molecule has 31 heavy (non-hydrogen) atoms. The summed E-state index contributed by atoms with van der Waals surface area (Å²) in [5, 5.41) is 1.93. The molecular formula is C23H22N2O4S2. The molecule has 3 aromatic rings. The number of hydrogen-bond acceptors (Lipinski definition) is 7. The van der Waals surface area contributed by atoms with Crippen molar-refractivity contribution in [3.63, 3.8) is 0 Å². The number of aromatic nitrogens is 1. The number of thiazole rings is 1. The van der Waals surface area contributed by atoms with E-state index < -0.39 is 12.0 Å². The van der Waals surface area contributed by atoms with Crippen LogP contribution in [0.15, 0.2) is 56.8 Å². The lowest BCUT2D eigenvalue weighted by Gasteiger charge is -2.23. The molecule has 1 aromatic carbocycles. The third kappa shape index (κ3) is 3.88. The fourth-order valence-electron chi connectivity index (χ4n) is 3.59. The van der Waals surface area contributed by atoms with Gasteiger partial charge < -0.3 is 9.47 Å². The highest BCUT2D eigenvalue weighted by molar-refractivity contribution is 7.10. The standard InChI is InChI=1S/C23H22N2O4S2/c1-5-29-22(27)19-14(3)24-23-25(20(19)17-7-6-10-30-17)21(26)18(31-23)12-15-9-8-13(2)16(11-15)28-4/h6-12,20H,5H2,1-4H3/b18-12+/t20-/m1/s1. The van der Waals surface area contributed by atoms with Crippen molar-refractivity contribution in [1.82, 2.24) is 4.57 Å². The summed E-state index contributed by atoms with van der Waals surface area (Å²) in [6.07, 6.45) is 1.83. The maximum absolute atomic E-state index is 13.5. The average Bonchev–Trinajstić information content (AvgIpc) is 3.37. The van der Waals surface area contributed by atoms with Crippen LogP contribution >= 0.6 is 22.7 Å². The van der Waals surface area contributed by atoms with Gasteiger partial charge in [-0.2, -0.15) is 0 Å². The Morgan fingerprint density at radius 1 is 1.29 bits per heavy atom. The number of thiophene rings is 1. The summed E-state index contributed by atoms with van der Waals surface area (Å²) in [4.78, 5) is 32.3. The number of benzene rings is 1. The number of hydrogen-bond donors (Lipinski definition) is 0. The van der Waals surface area contributed by atoms with Gasteiger partial charge in [-0.05, 0) is 55.5 Å². The molecular weight excluding hydrogens is 432 g/mol. The lowest BCUT2D eigenvalue weighted by atomic mass is 10.0. The van der Waals surface area contributed by atoms with Crippen molar-refractivity contribution in [1.29, 1.82) is 0 Å². The quantitative estimate of drug-likeness (QED) is 0.556. The molecule has 0 saturated carbocycles. The summed E-state index contributed by atoms with van der Waals surface area (Å²) in [5.41, 5.74) is 2.67. The van der Waals surface area contributed by atoms with Gasteiger partial charge >= 0.3 is 5.97 Å². The van der Waals surface area contributed by atoms with E-state index in [1.165, 1.54) is 22.7 Å². The first-order valence-electron chi connectivity index (χ1n) is 9.82. The lowest BCUT2D eigenvalue weighted by Crippen LogP contribution is -2.39. The Kier molecular flexibility index (Phi) is 5.93. The molecule has 8 heteroatoms. The van der Waals surface area contributed by atoms with E-state index in [9.17, 15) is 9.59 Å². The van der Waals surface area contributed by atoms with Crippen LogP contribution in [0.4, 0.5) is 0 Å². The van der Waals surface area contributed by atoms with Crippen LogP contribution < -0.4 is 19.6 Å². The number of allylic oxidation sites excluding steroid dienone is 1. The Morgan fingerprint density at radius 3 is 2.77 bits per heavy atom. The largest absolute Gasteiger partial charge is 0.496 e. The predicted octanol–water partition coefficient (Wildman–Crippen LogP) is 3.18. The summed E-state index contributed by atoms with van der Waals surface area (Å²) in [5.74, 6) is 0.318. The Labute approximate surface area is 187 Å². The highest BCUT2D eigenvalue weighted by atomic mass is 32.1. The van der Waals surface area contributed by atoms with E-state index in [0.717, 1.165) is 21.8 Å². The summed E-state index contributed by atoms with van der Waals surface area (Å²) in [6.45, 7) is 5.78. The number of carbonyl (C=O) groups is 1. The molecule has 0 amide bonds. The number of nitrogens with zero attached hydrogens (tertiary/aromatic N) is 2. The second-order valence-corrected chi connectivity index (χ2v) is 9.04. The van der Waals surface area contributed by atoms with E-state index in [4.69, 9.17) is 9.47 Å². The summed E-state index contributed by atoms with van der Waals surface area (Å²) in [7, 11) is 1.63. The smallest absolute Gasteiger partial charge is 0.338 e. The van der Waals surface area contributed by atoms with Crippen molar-refractivity contribution in [3.8, 4) is 5.75 Å². The topological polar surface area (TPSA) is 69.9 Å². The van der Waals surface area contributed by atoms with Gasteiger partial charge in [0.25, 0.3) is 5.56 Å². The Bertz CT molecular complexity index is 1350. The van der Waals surface area contributed by atoms with Gasteiger partial charge in [0.05, 0.1) is 29.5 Å². The number of esters is 1. The number of carbonyl (C=O) groups excluding carboxylic acids is 1. The summed E-state index contributed by atoms with van der Waals surface area (Å²) in [6, 6.07) is 9.09. The molecule has 2 aromatic heterocycles. The zero-order chi connectivity index (χ0) is 22.1. The van der Waals surface area contributed by atoms with Gasteiger partial charge in [-0.1, -0.05) is 29.5 Å². The van der Waals surface area contributed by atoms with E-state index in [2.05, 4.69) is 4.99 Å². The zero-order valence-corrected chi connectivity index (χ0v) is 19.3. The van der Waals surface area contributed by atoms with E-state index in [-0.39, 0.29) is 12.2 Å². The molecule has 1 atom stereocenters. The van der Waals surface area contributed by atoms with Crippen molar-refractivity contribution < 1.29 is 14.3 Å². The number of methoxy groups -OCH3 is 1. The van der Waals surface area contributed by atoms with Gasteiger partial charge in [0.2, 0.25) is 0 Å². The molecule has 6 nitrogen and oxygen atoms in total. The number of rotatable bonds is 5. The van der Waals surface area contributed by atoms with Gasteiger partial charge in [0.15, 0.2) is 4.80 Å². The van der Waals surface area contributed by atoms with Crippen LogP contribution in [0.2, 0.25) is 0 Å². The molecule has 3 heterocycles.